The van der Waals surface area contributed by atoms with E-state index in [0.717, 1.165) is 4.90 Å². The van der Waals surface area contributed by atoms with Crippen LogP contribution in [0.5, 0.6) is 0 Å². The number of aromatic nitrogens is 1. The van der Waals surface area contributed by atoms with Crippen molar-refractivity contribution in [1.29, 1.82) is 0 Å². The number of hydrogen-bond acceptors (Lipinski definition) is 6. The fraction of sp³-hybridized carbons (Fsp3) is 0.400. The topological polar surface area (TPSA) is 117 Å². The summed E-state index contributed by atoms with van der Waals surface area (Å²) in [5.74, 6) is -0.674. The molecule has 2 atom stereocenters. The molecule has 0 saturated carbocycles. The van der Waals surface area contributed by atoms with Gasteiger partial charge in [0, 0.05) is 19.3 Å². The molecule has 0 spiro atoms. The van der Waals surface area contributed by atoms with Crippen LogP contribution in [0.15, 0.2) is 12.3 Å². The first-order valence-corrected chi connectivity index (χ1v) is 5.74. The van der Waals surface area contributed by atoms with Gasteiger partial charge < -0.3 is 15.1 Å². The summed E-state index contributed by atoms with van der Waals surface area (Å²) in [6.45, 7) is -0.172. The van der Waals surface area contributed by atoms with Crippen LogP contribution >= 0.6 is 11.6 Å². The number of aliphatic hydroxyl groups excluding tert-OH is 2. The Balaban J connectivity index is 2.35. The molecule has 1 aromatic rings. The van der Waals surface area contributed by atoms with Gasteiger partial charge in [0.2, 0.25) is 5.15 Å². The van der Waals surface area contributed by atoms with Crippen molar-refractivity contribution in [3.8, 4) is 0 Å². The summed E-state index contributed by atoms with van der Waals surface area (Å²) >= 11 is 5.61. The van der Waals surface area contributed by atoms with Crippen LogP contribution in [-0.4, -0.2) is 56.2 Å². The summed E-state index contributed by atoms with van der Waals surface area (Å²) in [5, 5.41) is 29.3. The fourth-order valence-corrected chi connectivity index (χ4v) is 2.11. The number of hydrogen-bond donors (Lipinski definition) is 2. The molecule has 1 amide bonds. The highest BCUT2D eigenvalue weighted by molar-refractivity contribution is 6.32. The zero-order chi connectivity index (χ0) is 14.2. The fourth-order valence-electron chi connectivity index (χ4n) is 1.88. The van der Waals surface area contributed by atoms with Gasteiger partial charge in [0.1, 0.15) is 5.56 Å². The van der Waals surface area contributed by atoms with Crippen molar-refractivity contribution in [2.45, 2.75) is 12.2 Å². The van der Waals surface area contributed by atoms with E-state index in [1.165, 1.54) is 12.3 Å². The number of halogens is 1. The number of β-amino-alcohol motifs (C(OH)–C–C–N with tert-alkyl or cyclic N) is 2. The van der Waals surface area contributed by atoms with Crippen LogP contribution in [0.3, 0.4) is 0 Å². The summed E-state index contributed by atoms with van der Waals surface area (Å²) in [6.07, 6.45) is -0.925. The van der Waals surface area contributed by atoms with E-state index in [4.69, 9.17) is 11.6 Å². The number of aliphatic hydroxyl groups is 2. The maximum absolute atomic E-state index is 12.1. The average Bonchev–Trinajstić information content (AvgIpc) is 2.68. The number of carbonyl (C=O) groups is 1. The maximum atomic E-state index is 12.1. The molecule has 2 N–H and O–H groups in total. The molecular weight excluding hydrogens is 278 g/mol. The van der Waals surface area contributed by atoms with Gasteiger partial charge in [0.15, 0.2) is 0 Å². The van der Waals surface area contributed by atoms with Gasteiger partial charge in [0.05, 0.1) is 17.1 Å². The molecule has 1 saturated heterocycles. The Labute approximate surface area is 112 Å². The molecule has 8 nitrogen and oxygen atoms in total. The minimum absolute atomic E-state index is 0.0862. The molecule has 0 radical (unpaired) electrons. The lowest BCUT2D eigenvalue weighted by Gasteiger charge is -2.15. The molecule has 0 aromatic carbocycles. The van der Waals surface area contributed by atoms with Gasteiger partial charge in [-0.2, -0.15) is 0 Å². The van der Waals surface area contributed by atoms with E-state index < -0.39 is 28.7 Å². The normalized spacial score (nSPS) is 22.6. The zero-order valence-electron chi connectivity index (χ0n) is 9.56. The molecule has 2 heterocycles. The van der Waals surface area contributed by atoms with Gasteiger partial charge >= 0.3 is 5.69 Å². The predicted octanol–water partition coefficient (Wildman–Crippen LogP) is -0.179. The third-order valence-corrected chi connectivity index (χ3v) is 3.12. The lowest BCUT2D eigenvalue weighted by molar-refractivity contribution is -0.385. The van der Waals surface area contributed by atoms with E-state index >= 15 is 0 Å². The Bertz CT molecular complexity index is 528. The summed E-state index contributed by atoms with van der Waals surface area (Å²) in [6, 6.07) is 1.18. The van der Waals surface area contributed by atoms with Crippen molar-refractivity contribution in [3.05, 3.63) is 33.1 Å². The number of nitrogens with zero attached hydrogens (tertiary/aromatic N) is 3. The maximum Gasteiger partial charge on any atom is 0.319 e. The molecule has 2 rings (SSSR count). The van der Waals surface area contributed by atoms with Crippen LogP contribution < -0.4 is 0 Å². The first kappa shape index (κ1) is 13.7. The Morgan fingerprint density at radius 1 is 1.47 bits per heavy atom. The van der Waals surface area contributed by atoms with Crippen molar-refractivity contribution in [3.63, 3.8) is 0 Å². The quantitative estimate of drug-likeness (QED) is 0.443. The third-order valence-electron chi connectivity index (χ3n) is 2.84. The molecule has 1 fully saturated rings. The van der Waals surface area contributed by atoms with Gasteiger partial charge in [-0.15, -0.1) is 0 Å². The summed E-state index contributed by atoms with van der Waals surface area (Å²) in [7, 11) is 0. The zero-order valence-corrected chi connectivity index (χ0v) is 10.3. The molecule has 102 valence electrons. The van der Waals surface area contributed by atoms with Crippen LogP contribution in [0.1, 0.15) is 10.4 Å². The second-order valence-electron chi connectivity index (χ2n) is 4.10. The van der Waals surface area contributed by atoms with Crippen molar-refractivity contribution >= 4 is 23.2 Å². The van der Waals surface area contributed by atoms with E-state index in [-0.39, 0.29) is 23.8 Å². The molecule has 19 heavy (non-hydrogen) atoms. The van der Waals surface area contributed by atoms with Gasteiger partial charge in [-0.05, 0) is 6.07 Å². The minimum atomic E-state index is -1.06. The Morgan fingerprint density at radius 2 is 2.05 bits per heavy atom. The first-order valence-electron chi connectivity index (χ1n) is 5.36. The van der Waals surface area contributed by atoms with Crippen LogP contribution in [-0.2, 0) is 0 Å². The second kappa shape index (κ2) is 5.08. The monoisotopic (exact) mass is 287 g/mol. The van der Waals surface area contributed by atoms with Gasteiger partial charge in [-0.1, -0.05) is 11.6 Å². The van der Waals surface area contributed by atoms with Crippen LogP contribution in [0.4, 0.5) is 5.69 Å². The van der Waals surface area contributed by atoms with E-state index in [1.807, 2.05) is 0 Å². The second-order valence-corrected chi connectivity index (χ2v) is 4.46. The third kappa shape index (κ3) is 2.50. The standard InChI is InChI=1S/C10H10ClN3O5/c11-9-8(14(18)19)5(1-2-12-9)10(17)13-3-6(15)7(16)4-13/h1-2,6-7,15-16H,3-4H2/t6-,7+. The van der Waals surface area contributed by atoms with Crippen molar-refractivity contribution in [1.82, 2.24) is 9.88 Å². The molecule has 1 aliphatic rings. The largest absolute Gasteiger partial charge is 0.388 e. The van der Waals surface area contributed by atoms with Crippen LogP contribution in [0.25, 0.3) is 0 Å². The minimum Gasteiger partial charge on any atom is -0.388 e. The van der Waals surface area contributed by atoms with E-state index in [2.05, 4.69) is 4.98 Å². The van der Waals surface area contributed by atoms with E-state index in [1.54, 1.807) is 0 Å². The van der Waals surface area contributed by atoms with Crippen LogP contribution in [0, 0.1) is 10.1 Å². The average molecular weight is 288 g/mol. The summed E-state index contributed by atoms with van der Waals surface area (Å²) in [4.78, 5) is 26.9. The number of nitro groups is 1. The van der Waals surface area contributed by atoms with Gasteiger partial charge in [-0.3, -0.25) is 14.9 Å². The number of rotatable bonds is 2. The number of likely N-dealkylation sites (tertiary alicyclic amines) is 1. The highest BCUT2D eigenvalue weighted by Gasteiger charge is 2.36. The Kier molecular flexibility index (Phi) is 3.65. The van der Waals surface area contributed by atoms with Crippen LogP contribution in [0.2, 0.25) is 5.15 Å². The molecular formula is C10H10ClN3O5. The van der Waals surface area contributed by atoms with Crippen molar-refractivity contribution in [2.24, 2.45) is 0 Å². The molecule has 9 heteroatoms. The predicted molar refractivity (Wildman–Crippen MR) is 63.8 cm³/mol. The molecule has 0 aliphatic carbocycles. The number of amides is 1. The lowest BCUT2D eigenvalue weighted by Crippen LogP contribution is -2.30. The number of pyridine rings is 1. The Hall–Kier alpha value is -1.77. The molecule has 0 bridgehead atoms. The van der Waals surface area contributed by atoms with Crippen molar-refractivity contribution < 1.29 is 19.9 Å². The molecule has 1 aromatic heterocycles. The van der Waals surface area contributed by atoms with Gasteiger partial charge in [-0.25, -0.2) is 4.98 Å². The molecule has 0 unspecified atom stereocenters. The summed E-state index contributed by atoms with van der Waals surface area (Å²) < 4.78 is 0. The summed E-state index contributed by atoms with van der Waals surface area (Å²) in [5.41, 5.74) is -0.795. The van der Waals surface area contributed by atoms with E-state index in [0.29, 0.717) is 0 Å². The van der Waals surface area contributed by atoms with Gasteiger partial charge in [0.25, 0.3) is 5.91 Å². The first-order chi connectivity index (χ1) is 8.91. The van der Waals surface area contributed by atoms with E-state index in [9.17, 15) is 25.1 Å². The highest BCUT2D eigenvalue weighted by Crippen LogP contribution is 2.28. The highest BCUT2D eigenvalue weighted by atomic mass is 35.5. The lowest BCUT2D eigenvalue weighted by atomic mass is 10.2. The molecule has 1 aliphatic heterocycles. The smallest absolute Gasteiger partial charge is 0.319 e. The number of carbonyl (C=O) groups excluding carboxylic acids is 1. The Morgan fingerprint density at radius 3 is 2.58 bits per heavy atom. The van der Waals surface area contributed by atoms with Crippen molar-refractivity contribution in [2.75, 3.05) is 13.1 Å². The SMILES string of the molecule is O=C(c1ccnc(Cl)c1[N+](=O)[O-])N1C[C@@H](O)[C@@H](O)C1.